The summed E-state index contributed by atoms with van der Waals surface area (Å²) < 4.78 is 30.5. The number of anilines is 1. The van der Waals surface area contributed by atoms with E-state index in [0.717, 1.165) is 5.82 Å². The van der Waals surface area contributed by atoms with Crippen LogP contribution in [-0.4, -0.2) is 16.2 Å². The Morgan fingerprint density at radius 3 is 2.50 bits per heavy atom. The van der Waals surface area contributed by atoms with E-state index in [1.54, 1.807) is 6.20 Å². The molecule has 0 aliphatic heterocycles. The van der Waals surface area contributed by atoms with Crippen molar-refractivity contribution in [3.05, 3.63) is 40.4 Å². The van der Waals surface area contributed by atoms with E-state index in [1.807, 2.05) is 17.8 Å². The quantitative estimate of drug-likeness (QED) is 0.906. The summed E-state index contributed by atoms with van der Waals surface area (Å²) in [6.07, 6.45) is 3.49. The average Bonchev–Trinajstić information content (AvgIpc) is 2.77. The van der Waals surface area contributed by atoms with Crippen molar-refractivity contribution >= 4 is 28.9 Å². The second-order valence-corrected chi connectivity index (χ2v) is 4.77. The van der Waals surface area contributed by atoms with E-state index in [0.29, 0.717) is 12.2 Å². The zero-order valence-electron chi connectivity index (χ0n) is 10.4. The number of benzene rings is 1. The average molecular weight is 322 g/mol. The summed E-state index contributed by atoms with van der Waals surface area (Å²) in [5.74, 6) is 0.580. The molecule has 0 fully saturated rings. The van der Waals surface area contributed by atoms with Gasteiger partial charge in [-0.15, -0.1) is 0 Å². The van der Waals surface area contributed by atoms with Crippen LogP contribution in [0.15, 0.2) is 24.5 Å². The largest absolute Gasteiger partial charge is 0.432 e. The first kappa shape index (κ1) is 14.9. The molecule has 4 nitrogen and oxygen atoms in total. The number of nitrogens with zero attached hydrogens (tertiary/aromatic N) is 2. The van der Waals surface area contributed by atoms with E-state index in [9.17, 15) is 8.78 Å². The Morgan fingerprint density at radius 1 is 1.35 bits per heavy atom. The second kappa shape index (κ2) is 6.28. The van der Waals surface area contributed by atoms with E-state index in [-0.39, 0.29) is 15.8 Å². The molecule has 0 saturated carbocycles. The van der Waals surface area contributed by atoms with Crippen LogP contribution in [0.4, 0.5) is 14.5 Å². The standard InChI is InChI=1S/C12H11Cl2F2N3O/c1-19-3-2-17-10(19)6-18-7-4-8(13)11(9(14)5-7)20-12(15)16/h2-5,12,18H,6H2,1H3. The lowest BCUT2D eigenvalue weighted by Gasteiger charge is -2.12. The summed E-state index contributed by atoms with van der Waals surface area (Å²) in [7, 11) is 1.86. The van der Waals surface area contributed by atoms with Crippen LogP contribution in [0.3, 0.4) is 0 Å². The molecule has 0 aliphatic carbocycles. The Balaban J connectivity index is 2.12. The Labute approximate surface area is 124 Å². The third-order valence-electron chi connectivity index (χ3n) is 2.58. The lowest BCUT2D eigenvalue weighted by Crippen LogP contribution is -2.06. The van der Waals surface area contributed by atoms with Crippen LogP contribution in [-0.2, 0) is 13.6 Å². The summed E-state index contributed by atoms with van der Waals surface area (Å²) in [6, 6.07) is 2.93. The molecule has 0 aliphatic rings. The number of halogens is 4. The molecule has 2 rings (SSSR count). The lowest BCUT2D eigenvalue weighted by molar-refractivity contribution is -0.0497. The maximum Gasteiger partial charge on any atom is 0.387 e. The van der Waals surface area contributed by atoms with E-state index >= 15 is 0 Å². The van der Waals surface area contributed by atoms with Crippen molar-refractivity contribution in [2.75, 3.05) is 5.32 Å². The van der Waals surface area contributed by atoms with Gasteiger partial charge in [0.25, 0.3) is 0 Å². The Kier molecular flexibility index (Phi) is 4.67. The van der Waals surface area contributed by atoms with Crippen molar-refractivity contribution in [3.63, 3.8) is 0 Å². The Hall–Kier alpha value is -1.53. The molecule has 0 saturated heterocycles. The van der Waals surface area contributed by atoms with Crippen LogP contribution in [0.1, 0.15) is 5.82 Å². The molecule has 0 radical (unpaired) electrons. The van der Waals surface area contributed by atoms with Crippen LogP contribution in [0.25, 0.3) is 0 Å². The third kappa shape index (κ3) is 3.52. The molecule has 1 heterocycles. The van der Waals surface area contributed by atoms with Crippen LogP contribution in [0, 0.1) is 0 Å². The number of aryl methyl sites for hydroxylation is 1. The molecule has 1 aromatic carbocycles. The molecule has 0 spiro atoms. The van der Waals surface area contributed by atoms with Gasteiger partial charge < -0.3 is 14.6 Å². The number of imidazole rings is 1. The van der Waals surface area contributed by atoms with E-state index in [2.05, 4.69) is 15.0 Å². The van der Waals surface area contributed by atoms with Crippen molar-refractivity contribution in [2.45, 2.75) is 13.2 Å². The van der Waals surface area contributed by atoms with Crippen molar-refractivity contribution in [1.29, 1.82) is 0 Å². The van der Waals surface area contributed by atoms with Gasteiger partial charge in [-0.2, -0.15) is 8.78 Å². The molecule has 1 aromatic heterocycles. The van der Waals surface area contributed by atoms with Crippen LogP contribution in [0.5, 0.6) is 5.75 Å². The van der Waals surface area contributed by atoms with Gasteiger partial charge in [0.1, 0.15) is 5.82 Å². The van der Waals surface area contributed by atoms with E-state index in [4.69, 9.17) is 23.2 Å². The zero-order valence-corrected chi connectivity index (χ0v) is 11.9. The van der Waals surface area contributed by atoms with Gasteiger partial charge in [0.05, 0.1) is 16.6 Å². The summed E-state index contributed by atoms with van der Waals surface area (Å²) in [5.41, 5.74) is 0.588. The molecule has 2 aromatic rings. The molecule has 8 heteroatoms. The van der Waals surface area contributed by atoms with Gasteiger partial charge >= 0.3 is 6.61 Å². The monoisotopic (exact) mass is 321 g/mol. The van der Waals surface area contributed by atoms with E-state index < -0.39 is 6.61 Å². The first-order valence-electron chi connectivity index (χ1n) is 5.61. The summed E-state index contributed by atoms with van der Waals surface area (Å²) >= 11 is 11.7. The predicted octanol–water partition coefficient (Wildman–Crippen LogP) is 3.94. The minimum absolute atomic E-state index is 0.0140. The maximum absolute atomic E-state index is 12.2. The van der Waals surface area contributed by atoms with Crippen molar-refractivity contribution in [3.8, 4) is 5.75 Å². The molecular formula is C12H11Cl2F2N3O. The summed E-state index contributed by atoms with van der Waals surface area (Å²) in [6.45, 7) is -2.53. The van der Waals surface area contributed by atoms with Crippen LogP contribution in [0.2, 0.25) is 10.0 Å². The molecular weight excluding hydrogens is 311 g/mol. The fourth-order valence-corrected chi connectivity index (χ4v) is 2.19. The van der Waals surface area contributed by atoms with Gasteiger partial charge in [0.15, 0.2) is 5.75 Å². The molecule has 0 amide bonds. The molecule has 20 heavy (non-hydrogen) atoms. The number of hydrogen-bond donors (Lipinski definition) is 1. The first-order chi connectivity index (χ1) is 9.47. The van der Waals surface area contributed by atoms with Gasteiger partial charge in [0.2, 0.25) is 0 Å². The topological polar surface area (TPSA) is 39.1 Å². The van der Waals surface area contributed by atoms with Gasteiger partial charge in [-0.25, -0.2) is 4.98 Å². The van der Waals surface area contributed by atoms with Crippen molar-refractivity contribution in [1.82, 2.24) is 9.55 Å². The highest BCUT2D eigenvalue weighted by molar-refractivity contribution is 6.37. The SMILES string of the molecule is Cn1ccnc1CNc1cc(Cl)c(OC(F)F)c(Cl)c1. The highest BCUT2D eigenvalue weighted by Gasteiger charge is 2.14. The fourth-order valence-electron chi connectivity index (χ4n) is 1.61. The lowest BCUT2D eigenvalue weighted by atomic mass is 10.3. The van der Waals surface area contributed by atoms with Gasteiger partial charge in [-0.05, 0) is 12.1 Å². The number of nitrogens with one attached hydrogen (secondary N) is 1. The molecule has 0 unspecified atom stereocenters. The highest BCUT2D eigenvalue weighted by Crippen LogP contribution is 2.37. The second-order valence-electron chi connectivity index (χ2n) is 3.96. The number of aromatic nitrogens is 2. The minimum Gasteiger partial charge on any atom is -0.432 e. The summed E-state index contributed by atoms with van der Waals surface area (Å²) in [4.78, 5) is 4.14. The Bertz CT molecular complexity index is 581. The smallest absolute Gasteiger partial charge is 0.387 e. The zero-order chi connectivity index (χ0) is 14.7. The third-order valence-corrected chi connectivity index (χ3v) is 3.14. The van der Waals surface area contributed by atoms with E-state index in [1.165, 1.54) is 12.1 Å². The molecule has 0 atom stereocenters. The fraction of sp³-hybridized carbons (Fsp3) is 0.250. The minimum atomic E-state index is -2.98. The predicted molar refractivity (Wildman–Crippen MR) is 73.6 cm³/mol. The highest BCUT2D eigenvalue weighted by atomic mass is 35.5. The van der Waals surface area contributed by atoms with Gasteiger partial charge in [-0.3, -0.25) is 0 Å². The maximum atomic E-state index is 12.2. The molecule has 108 valence electrons. The number of ether oxygens (including phenoxy) is 1. The number of rotatable bonds is 5. The number of hydrogen-bond acceptors (Lipinski definition) is 3. The molecule has 0 bridgehead atoms. The van der Waals surface area contributed by atoms with Crippen molar-refractivity contribution < 1.29 is 13.5 Å². The normalized spacial score (nSPS) is 10.9. The molecule has 1 N–H and O–H groups in total. The Morgan fingerprint density at radius 2 is 2.00 bits per heavy atom. The summed E-state index contributed by atoms with van der Waals surface area (Å²) in [5, 5.41) is 3.08. The van der Waals surface area contributed by atoms with Gasteiger partial charge in [0, 0.05) is 25.1 Å². The van der Waals surface area contributed by atoms with Crippen molar-refractivity contribution in [2.24, 2.45) is 7.05 Å². The van der Waals surface area contributed by atoms with Crippen LogP contribution < -0.4 is 10.1 Å². The van der Waals surface area contributed by atoms with Crippen LogP contribution >= 0.6 is 23.2 Å². The first-order valence-corrected chi connectivity index (χ1v) is 6.37. The van der Waals surface area contributed by atoms with Gasteiger partial charge in [-0.1, -0.05) is 23.2 Å². The number of alkyl halides is 2.